The van der Waals surface area contributed by atoms with Gasteiger partial charge < -0.3 is 4.42 Å². The van der Waals surface area contributed by atoms with E-state index < -0.39 is 0 Å². The quantitative estimate of drug-likeness (QED) is 0.604. The Bertz CT molecular complexity index is 923. The molecule has 2 heteroatoms. The molecule has 2 nitrogen and oxygen atoms in total. The van der Waals surface area contributed by atoms with E-state index in [4.69, 9.17) is 4.42 Å². The standard InChI is InChI=1S/C21H22O2/c1-13-10-14(2)20-17(11-13)18(22)12-19(23-20)15-6-8-16(9-7-15)21(3,4)5/h6-12H,1-5H3. The predicted molar refractivity (Wildman–Crippen MR) is 96.1 cm³/mol. The van der Waals surface area contributed by atoms with Crippen LogP contribution in [0.3, 0.4) is 0 Å². The van der Waals surface area contributed by atoms with Gasteiger partial charge in [-0.3, -0.25) is 4.79 Å². The summed E-state index contributed by atoms with van der Waals surface area (Å²) in [6.07, 6.45) is 0. The Morgan fingerprint density at radius 1 is 0.913 bits per heavy atom. The average Bonchev–Trinajstić information content (AvgIpc) is 2.47. The van der Waals surface area contributed by atoms with Crippen LogP contribution in [-0.4, -0.2) is 0 Å². The number of fused-ring (bicyclic) bond motifs is 1. The van der Waals surface area contributed by atoms with E-state index in [1.807, 2.05) is 38.1 Å². The summed E-state index contributed by atoms with van der Waals surface area (Å²) >= 11 is 0. The first kappa shape index (κ1) is 15.5. The van der Waals surface area contributed by atoms with Crippen LogP contribution < -0.4 is 5.43 Å². The third kappa shape index (κ3) is 2.94. The van der Waals surface area contributed by atoms with E-state index in [9.17, 15) is 4.79 Å². The van der Waals surface area contributed by atoms with Gasteiger partial charge in [0, 0.05) is 11.6 Å². The summed E-state index contributed by atoms with van der Waals surface area (Å²) in [5.41, 5.74) is 5.05. The third-order valence-electron chi connectivity index (χ3n) is 4.19. The van der Waals surface area contributed by atoms with Crippen LogP contribution in [0.1, 0.15) is 37.5 Å². The van der Waals surface area contributed by atoms with Crippen molar-refractivity contribution in [1.82, 2.24) is 0 Å². The van der Waals surface area contributed by atoms with Crippen molar-refractivity contribution in [2.75, 3.05) is 0 Å². The van der Waals surface area contributed by atoms with Gasteiger partial charge in [-0.2, -0.15) is 0 Å². The van der Waals surface area contributed by atoms with Crippen molar-refractivity contribution in [2.45, 2.75) is 40.0 Å². The van der Waals surface area contributed by atoms with Gasteiger partial charge in [-0.05, 0) is 42.0 Å². The summed E-state index contributed by atoms with van der Waals surface area (Å²) in [6.45, 7) is 10.5. The van der Waals surface area contributed by atoms with E-state index in [-0.39, 0.29) is 10.8 Å². The number of hydrogen-bond acceptors (Lipinski definition) is 2. The molecule has 0 bridgehead atoms. The molecule has 23 heavy (non-hydrogen) atoms. The van der Waals surface area contributed by atoms with Crippen LogP contribution in [0, 0.1) is 13.8 Å². The molecule has 0 radical (unpaired) electrons. The lowest BCUT2D eigenvalue weighted by Gasteiger charge is -2.19. The van der Waals surface area contributed by atoms with Gasteiger partial charge in [0.15, 0.2) is 5.43 Å². The van der Waals surface area contributed by atoms with Crippen molar-refractivity contribution in [3.63, 3.8) is 0 Å². The lowest BCUT2D eigenvalue weighted by atomic mass is 9.86. The molecule has 0 aliphatic carbocycles. The Morgan fingerprint density at radius 3 is 2.17 bits per heavy atom. The lowest BCUT2D eigenvalue weighted by molar-refractivity contribution is 0.589. The highest BCUT2D eigenvalue weighted by Gasteiger charge is 2.14. The summed E-state index contributed by atoms with van der Waals surface area (Å²) in [5.74, 6) is 0.620. The van der Waals surface area contributed by atoms with Crippen molar-refractivity contribution in [2.24, 2.45) is 0 Å². The molecule has 1 heterocycles. The maximum Gasteiger partial charge on any atom is 0.193 e. The van der Waals surface area contributed by atoms with Gasteiger partial charge in [-0.1, -0.05) is 51.1 Å². The molecule has 118 valence electrons. The number of rotatable bonds is 1. The van der Waals surface area contributed by atoms with E-state index in [1.165, 1.54) is 5.56 Å². The highest BCUT2D eigenvalue weighted by atomic mass is 16.3. The molecule has 0 unspecified atom stereocenters. The van der Waals surface area contributed by atoms with Crippen molar-refractivity contribution >= 4 is 11.0 Å². The molecule has 3 rings (SSSR count). The van der Waals surface area contributed by atoms with Gasteiger partial charge in [0.1, 0.15) is 11.3 Å². The lowest BCUT2D eigenvalue weighted by Crippen LogP contribution is -2.10. The number of aryl methyl sites for hydroxylation is 2. The zero-order chi connectivity index (χ0) is 16.8. The van der Waals surface area contributed by atoms with Gasteiger partial charge in [-0.25, -0.2) is 0 Å². The molecular weight excluding hydrogens is 284 g/mol. The van der Waals surface area contributed by atoms with Gasteiger partial charge in [0.05, 0.1) is 5.39 Å². The minimum Gasteiger partial charge on any atom is -0.456 e. The SMILES string of the molecule is Cc1cc(C)c2oc(-c3ccc(C(C)(C)C)cc3)cc(=O)c2c1. The zero-order valence-electron chi connectivity index (χ0n) is 14.4. The van der Waals surface area contributed by atoms with Crippen LogP contribution in [0.15, 0.2) is 51.7 Å². The zero-order valence-corrected chi connectivity index (χ0v) is 14.4. The molecule has 3 aromatic rings. The van der Waals surface area contributed by atoms with Gasteiger partial charge in [-0.15, -0.1) is 0 Å². The third-order valence-corrected chi connectivity index (χ3v) is 4.19. The first-order chi connectivity index (χ1) is 10.8. The van der Waals surface area contributed by atoms with Crippen LogP contribution in [0.25, 0.3) is 22.3 Å². The van der Waals surface area contributed by atoms with Crippen LogP contribution in [-0.2, 0) is 5.41 Å². The van der Waals surface area contributed by atoms with E-state index in [2.05, 4.69) is 32.9 Å². The van der Waals surface area contributed by atoms with Crippen molar-refractivity contribution in [3.05, 3.63) is 69.4 Å². The molecular formula is C21H22O2. The van der Waals surface area contributed by atoms with Crippen LogP contribution in [0.5, 0.6) is 0 Å². The molecule has 0 spiro atoms. The topological polar surface area (TPSA) is 30.2 Å². The minimum absolute atomic E-state index is 0.00736. The fraction of sp³-hybridized carbons (Fsp3) is 0.286. The molecule has 0 aliphatic heterocycles. The van der Waals surface area contributed by atoms with Crippen molar-refractivity contribution < 1.29 is 4.42 Å². The van der Waals surface area contributed by atoms with E-state index in [1.54, 1.807) is 6.07 Å². The number of benzene rings is 2. The monoisotopic (exact) mass is 306 g/mol. The molecule has 0 saturated carbocycles. The van der Waals surface area contributed by atoms with Crippen molar-refractivity contribution in [1.29, 1.82) is 0 Å². The predicted octanol–water partition coefficient (Wildman–Crippen LogP) is 5.37. The maximum atomic E-state index is 12.4. The van der Waals surface area contributed by atoms with Crippen LogP contribution >= 0.6 is 0 Å². The van der Waals surface area contributed by atoms with Crippen molar-refractivity contribution in [3.8, 4) is 11.3 Å². The summed E-state index contributed by atoms with van der Waals surface area (Å²) in [6, 6.07) is 13.8. The summed E-state index contributed by atoms with van der Waals surface area (Å²) < 4.78 is 6.04. The van der Waals surface area contributed by atoms with Gasteiger partial charge in [0.25, 0.3) is 0 Å². The summed E-state index contributed by atoms with van der Waals surface area (Å²) in [7, 11) is 0. The molecule has 0 N–H and O–H groups in total. The summed E-state index contributed by atoms with van der Waals surface area (Å²) in [5, 5.41) is 0.651. The number of hydrogen-bond donors (Lipinski definition) is 0. The maximum absolute atomic E-state index is 12.4. The Labute approximate surface area is 136 Å². The molecule has 1 aromatic heterocycles. The molecule has 2 aromatic carbocycles. The Morgan fingerprint density at radius 2 is 1.57 bits per heavy atom. The molecule has 0 saturated heterocycles. The summed E-state index contributed by atoms with van der Waals surface area (Å²) in [4.78, 5) is 12.4. The fourth-order valence-electron chi connectivity index (χ4n) is 2.89. The minimum atomic E-state index is 0.00736. The Kier molecular flexibility index (Phi) is 3.63. The molecule has 0 aliphatic rings. The smallest absolute Gasteiger partial charge is 0.193 e. The van der Waals surface area contributed by atoms with E-state index >= 15 is 0 Å². The highest BCUT2D eigenvalue weighted by molar-refractivity contribution is 5.82. The normalized spacial score (nSPS) is 11.9. The van der Waals surface area contributed by atoms with Crippen LogP contribution in [0.4, 0.5) is 0 Å². The first-order valence-electron chi connectivity index (χ1n) is 7.92. The van der Waals surface area contributed by atoms with Gasteiger partial charge in [0.2, 0.25) is 0 Å². The highest BCUT2D eigenvalue weighted by Crippen LogP contribution is 2.28. The van der Waals surface area contributed by atoms with E-state index in [0.29, 0.717) is 16.7 Å². The Balaban J connectivity index is 2.16. The largest absolute Gasteiger partial charge is 0.456 e. The average molecular weight is 306 g/mol. The van der Waals surface area contributed by atoms with Crippen LogP contribution in [0.2, 0.25) is 0 Å². The molecule has 0 amide bonds. The van der Waals surface area contributed by atoms with E-state index in [0.717, 1.165) is 16.7 Å². The van der Waals surface area contributed by atoms with Gasteiger partial charge >= 0.3 is 0 Å². The second-order valence-electron chi connectivity index (χ2n) is 7.26. The second-order valence-corrected chi connectivity index (χ2v) is 7.26. The molecule has 0 fully saturated rings. The fourth-order valence-corrected chi connectivity index (χ4v) is 2.89. The Hall–Kier alpha value is -2.35. The second kappa shape index (κ2) is 5.38. The molecule has 0 atom stereocenters. The first-order valence-corrected chi connectivity index (χ1v) is 7.92.